The Balaban J connectivity index is 4.55. The van der Waals surface area contributed by atoms with Crippen molar-refractivity contribution in [3.63, 3.8) is 0 Å². The van der Waals surface area contributed by atoms with Gasteiger partial charge in [0.1, 0.15) is 5.60 Å². The van der Waals surface area contributed by atoms with E-state index in [0.29, 0.717) is 19.3 Å². The topological polar surface area (TPSA) is 58.6 Å². The van der Waals surface area contributed by atoms with E-state index in [4.69, 9.17) is 4.74 Å². The van der Waals surface area contributed by atoms with Gasteiger partial charge < -0.3 is 15.2 Å². The average Bonchev–Trinajstić information content (AvgIpc) is 2.22. The second-order valence-electron chi connectivity index (χ2n) is 5.42. The van der Waals surface area contributed by atoms with Gasteiger partial charge in [-0.05, 0) is 40.0 Å². The summed E-state index contributed by atoms with van der Waals surface area (Å²) in [6.07, 6.45) is 1.43. The molecule has 0 aromatic carbocycles. The number of hydrogen-bond donors (Lipinski definition) is 2. The smallest absolute Gasteiger partial charge is 0.407 e. The molecule has 1 unspecified atom stereocenters. The van der Waals surface area contributed by atoms with E-state index in [1.165, 1.54) is 0 Å². The predicted molar refractivity (Wildman–Crippen MR) is 69.0 cm³/mol. The summed E-state index contributed by atoms with van der Waals surface area (Å²) in [5, 5.41) is 13.1. The first kappa shape index (κ1) is 16.2. The van der Waals surface area contributed by atoms with E-state index in [0.717, 1.165) is 0 Å². The molecule has 0 fully saturated rings. The van der Waals surface area contributed by atoms with Gasteiger partial charge in [0.15, 0.2) is 0 Å². The number of nitrogens with one attached hydrogen (secondary N) is 1. The number of alkyl carbamates (subject to hydrolysis) is 1. The summed E-state index contributed by atoms with van der Waals surface area (Å²) in [5.74, 6) is 0. The normalized spacial score (nSPS) is 14.3. The Labute approximate surface area is 105 Å². The molecule has 4 nitrogen and oxygen atoms in total. The van der Waals surface area contributed by atoms with Crippen molar-refractivity contribution in [2.45, 2.75) is 78.0 Å². The molecule has 0 aromatic rings. The number of aliphatic hydroxyl groups is 1. The van der Waals surface area contributed by atoms with E-state index in [-0.39, 0.29) is 6.04 Å². The molecule has 2 N–H and O–H groups in total. The van der Waals surface area contributed by atoms with Gasteiger partial charge in [-0.15, -0.1) is 0 Å². The standard InChI is InChI=1S/C13H27NO3/c1-7-10(13(16,8-2)9-3)14-11(15)17-12(4,5)6/h10,16H,7-9H2,1-6H3,(H,14,15). The minimum absolute atomic E-state index is 0.271. The Hall–Kier alpha value is -0.770. The van der Waals surface area contributed by atoms with Crippen LogP contribution in [0.4, 0.5) is 4.79 Å². The highest BCUT2D eigenvalue weighted by Crippen LogP contribution is 2.22. The summed E-state index contributed by atoms with van der Waals surface area (Å²) in [4.78, 5) is 11.7. The molecular formula is C13H27NO3. The first-order chi connectivity index (χ1) is 7.68. The van der Waals surface area contributed by atoms with Crippen LogP contribution in [0, 0.1) is 0 Å². The molecule has 1 amide bonds. The van der Waals surface area contributed by atoms with Gasteiger partial charge in [-0.3, -0.25) is 0 Å². The molecule has 17 heavy (non-hydrogen) atoms. The molecule has 4 heteroatoms. The minimum Gasteiger partial charge on any atom is -0.444 e. The van der Waals surface area contributed by atoms with Crippen molar-refractivity contribution in [1.82, 2.24) is 5.32 Å². The Morgan fingerprint density at radius 3 is 2.00 bits per heavy atom. The van der Waals surface area contributed by atoms with Crippen LogP contribution in [0.5, 0.6) is 0 Å². The quantitative estimate of drug-likeness (QED) is 0.783. The van der Waals surface area contributed by atoms with E-state index >= 15 is 0 Å². The maximum absolute atomic E-state index is 11.7. The lowest BCUT2D eigenvalue weighted by atomic mass is 9.87. The van der Waals surface area contributed by atoms with Crippen molar-refractivity contribution in [2.24, 2.45) is 0 Å². The van der Waals surface area contributed by atoms with E-state index in [1.54, 1.807) is 0 Å². The predicted octanol–water partition coefficient (Wildman–Crippen LogP) is 2.84. The lowest BCUT2D eigenvalue weighted by Crippen LogP contribution is -2.52. The zero-order chi connectivity index (χ0) is 13.7. The van der Waals surface area contributed by atoms with Crippen LogP contribution < -0.4 is 5.32 Å². The van der Waals surface area contributed by atoms with Crippen molar-refractivity contribution in [3.05, 3.63) is 0 Å². The summed E-state index contributed by atoms with van der Waals surface area (Å²) in [6.45, 7) is 11.2. The fourth-order valence-corrected chi connectivity index (χ4v) is 1.81. The van der Waals surface area contributed by atoms with Crippen molar-refractivity contribution >= 4 is 6.09 Å². The third-order valence-corrected chi connectivity index (χ3v) is 2.97. The van der Waals surface area contributed by atoms with Crippen molar-refractivity contribution in [3.8, 4) is 0 Å². The molecule has 0 aliphatic carbocycles. The molecule has 1 atom stereocenters. The Kier molecular flexibility index (Phi) is 5.96. The van der Waals surface area contributed by atoms with Crippen molar-refractivity contribution < 1.29 is 14.6 Å². The van der Waals surface area contributed by atoms with Crippen LogP contribution in [0.1, 0.15) is 60.8 Å². The fraction of sp³-hybridized carbons (Fsp3) is 0.923. The van der Waals surface area contributed by atoms with E-state index in [1.807, 2.05) is 41.5 Å². The van der Waals surface area contributed by atoms with Crippen LogP contribution in [0.15, 0.2) is 0 Å². The molecule has 0 saturated carbocycles. The highest BCUT2D eigenvalue weighted by molar-refractivity contribution is 5.68. The maximum atomic E-state index is 11.7. The Morgan fingerprint density at radius 1 is 1.24 bits per heavy atom. The molecule has 0 aromatic heterocycles. The fourth-order valence-electron chi connectivity index (χ4n) is 1.81. The molecule has 0 saturated heterocycles. The zero-order valence-electron chi connectivity index (χ0n) is 12.0. The van der Waals surface area contributed by atoms with Gasteiger partial charge in [0, 0.05) is 0 Å². The number of rotatable bonds is 5. The summed E-state index contributed by atoms with van der Waals surface area (Å²) in [7, 11) is 0. The third kappa shape index (κ3) is 5.39. The second kappa shape index (κ2) is 6.24. The lowest BCUT2D eigenvalue weighted by molar-refractivity contribution is -0.0144. The monoisotopic (exact) mass is 245 g/mol. The average molecular weight is 245 g/mol. The lowest BCUT2D eigenvalue weighted by Gasteiger charge is -2.35. The molecular weight excluding hydrogens is 218 g/mol. The number of hydrogen-bond acceptors (Lipinski definition) is 3. The van der Waals surface area contributed by atoms with Gasteiger partial charge in [-0.1, -0.05) is 20.8 Å². The highest BCUT2D eigenvalue weighted by atomic mass is 16.6. The molecule has 102 valence electrons. The molecule has 0 aliphatic heterocycles. The van der Waals surface area contributed by atoms with E-state index in [9.17, 15) is 9.90 Å². The molecule has 0 radical (unpaired) electrons. The van der Waals surface area contributed by atoms with Gasteiger partial charge in [-0.25, -0.2) is 4.79 Å². The van der Waals surface area contributed by atoms with Crippen LogP contribution in [0.2, 0.25) is 0 Å². The van der Waals surface area contributed by atoms with E-state index in [2.05, 4.69) is 5.32 Å². The van der Waals surface area contributed by atoms with Crippen LogP contribution >= 0.6 is 0 Å². The highest BCUT2D eigenvalue weighted by Gasteiger charge is 2.34. The summed E-state index contributed by atoms with van der Waals surface area (Å²) >= 11 is 0. The number of ether oxygens (including phenoxy) is 1. The van der Waals surface area contributed by atoms with Crippen LogP contribution in [0.25, 0.3) is 0 Å². The molecule has 0 bridgehead atoms. The number of amides is 1. The van der Waals surface area contributed by atoms with Gasteiger partial charge in [0.05, 0.1) is 11.6 Å². The summed E-state index contributed by atoms with van der Waals surface area (Å²) in [5.41, 5.74) is -1.37. The number of carbonyl (C=O) groups is 1. The summed E-state index contributed by atoms with van der Waals surface area (Å²) in [6, 6.07) is -0.271. The van der Waals surface area contributed by atoms with Gasteiger partial charge in [0.2, 0.25) is 0 Å². The first-order valence-electron chi connectivity index (χ1n) is 6.40. The Bertz CT molecular complexity index is 242. The zero-order valence-corrected chi connectivity index (χ0v) is 12.0. The molecule has 0 spiro atoms. The van der Waals surface area contributed by atoms with Crippen molar-refractivity contribution in [2.75, 3.05) is 0 Å². The molecule has 0 aliphatic rings. The van der Waals surface area contributed by atoms with Gasteiger partial charge in [0.25, 0.3) is 0 Å². The largest absolute Gasteiger partial charge is 0.444 e. The minimum atomic E-state index is -0.856. The molecule has 0 rings (SSSR count). The van der Waals surface area contributed by atoms with E-state index < -0.39 is 17.3 Å². The molecule has 0 heterocycles. The van der Waals surface area contributed by atoms with Gasteiger partial charge in [-0.2, -0.15) is 0 Å². The third-order valence-electron chi connectivity index (χ3n) is 2.97. The van der Waals surface area contributed by atoms with Crippen LogP contribution in [-0.2, 0) is 4.74 Å². The van der Waals surface area contributed by atoms with Gasteiger partial charge >= 0.3 is 6.09 Å². The Morgan fingerprint density at radius 2 is 1.71 bits per heavy atom. The first-order valence-corrected chi connectivity index (χ1v) is 6.40. The summed E-state index contributed by atoms with van der Waals surface area (Å²) < 4.78 is 5.19. The number of carbonyl (C=O) groups excluding carboxylic acids is 1. The van der Waals surface area contributed by atoms with Crippen LogP contribution in [0.3, 0.4) is 0 Å². The SMILES string of the molecule is CCC(NC(=O)OC(C)(C)C)C(O)(CC)CC. The maximum Gasteiger partial charge on any atom is 0.407 e. The van der Waals surface area contributed by atoms with Crippen molar-refractivity contribution in [1.29, 1.82) is 0 Å². The van der Waals surface area contributed by atoms with Crippen LogP contribution in [-0.4, -0.2) is 28.4 Å². The second-order valence-corrected chi connectivity index (χ2v) is 5.42.